The number of hydrogen-bond donors (Lipinski definition) is 1. The van der Waals surface area contributed by atoms with Crippen molar-refractivity contribution in [1.29, 1.82) is 0 Å². The molecule has 7 nitrogen and oxygen atoms in total. The van der Waals surface area contributed by atoms with E-state index in [4.69, 9.17) is 14.6 Å². The molecule has 1 unspecified atom stereocenters. The maximum absolute atomic E-state index is 12.5. The quantitative estimate of drug-likeness (QED) is 0.770. The van der Waals surface area contributed by atoms with Crippen LogP contribution in [0.3, 0.4) is 0 Å². The fourth-order valence-electron chi connectivity index (χ4n) is 2.08. The van der Waals surface area contributed by atoms with Crippen LogP contribution in [0.25, 0.3) is 0 Å². The second-order valence-electron chi connectivity index (χ2n) is 5.26. The molecule has 116 valence electrons. The van der Waals surface area contributed by atoms with Gasteiger partial charge in [0.05, 0.1) is 19.8 Å². The largest absolute Gasteiger partial charge is 0.479 e. The van der Waals surface area contributed by atoms with Crippen LogP contribution in [0.15, 0.2) is 0 Å². The van der Waals surface area contributed by atoms with Gasteiger partial charge in [-0.15, -0.1) is 0 Å². The van der Waals surface area contributed by atoms with Crippen molar-refractivity contribution in [2.45, 2.75) is 20.0 Å². The Morgan fingerprint density at radius 2 is 2.20 bits per heavy atom. The highest BCUT2D eigenvalue weighted by molar-refractivity contribution is 5.77. The SMILES string of the molecule is COCCN(CC(C)C)C(=O)N1CCOC(C(=O)O)C1. The van der Waals surface area contributed by atoms with Crippen molar-refractivity contribution >= 4 is 12.0 Å². The Kier molecular flexibility index (Phi) is 6.74. The van der Waals surface area contributed by atoms with E-state index in [-0.39, 0.29) is 19.2 Å². The smallest absolute Gasteiger partial charge is 0.334 e. The number of urea groups is 1. The molecule has 0 aromatic rings. The second kappa shape index (κ2) is 8.06. The average Bonchev–Trinajstić information content (AvgIpc) is 2.42. The van der Waals surface area contributed by atoms with Crippen molar-refractivity contribution in [2.24, 2.45) is 5.92 Å². The van der Waals surface area contributed by atoms with Crippen LogP contribution in [0.2, 0.25) is 0 Å². The zero-order chi connectivity index (χ0) is 15.1. The molecule has 1 aliphatic rings. The van der Waals surface area contributed by atoms with Crippen LogP contribution >= 0.6 is 0 Å². The molecule has 0 spiro atoms. The van der Waals surface area contributed by atoms with Crippen LogP contribution in [0, 0.1) is 5.92 Å². The second-order valence-corrected chi connectivity index (χ2v) is 5.26. The number of carboxylic acid groups (broad SMARTS) is 1. The number of carbonyl (C=O) groups is 2. The first-order chi connectivity index (χ1) is 9.45. The lowest BCUT2D eigenvalue weighted by Gasteiger charge is -2.35. The standard InChI is InChI=1S/C13H24N2O5/c1-10(2)8-14(4-6-19-3)13(18)15-5-7-20-11(9-15)12(16)17/h10-11H,4-9H2,1-3H3,(H,16,17). The number of carbonyl (C=O) groups excluding carboxylic acids is 1. The highest BCUT2D eigenvalue weighted by Crippen LogP contribution is 2.10. The summed E-state index contributed by atoms with van der Waals surface area (Å²) in [5.41, 5.74) is 0. The molecule has 7 heteroatoms. The summed E-state index contributed by atoms with van der Waals surface area (Å²) >= 11 is 0. The van der Waals surface area contributed by atoms with Gasteiger partial charge in [0.1, 0.15) is 0 Å². The Bertz CT molecular complexity index is 335. The van der Waals surface area contributed by atoms with Crippen molar-refractivity contribution in [3.8, 4) is 0 Å². The molecule has 1 heterocycles. The van der Waals surface area contributed by atoms with E-state index in [1.54, 1.807) is 16.9 Å². The monoisotopic (exact) mass is 288 g/mol. The molecule has 0 bridgehead atoms. The first-order valence-electron chi connectivity index (χ1n) is 6.83. The summed E-state index contributed by atoms with van der Waals surface area (Å²) in [6.45, 7) is 6.42. The van der Waals surface area contributed by atoms with Gasteiger partial charge in [-0.2, -0.15) is 0 Å². The van der Waals surface area contributed by atoms with Crippen LogP contribution in [0.4, 0.5) is 4.79 Å². The lowest BCUT2D eigenvalue weighted by Crippen LogP contribution is -2.53. The van der Waals surface area contributed by atoms with Gasteiger partial charge >= 0.3 is 12.0 Å². The van der Waals surface area contributed by atoms with Gasteiger partial charge in [0.2, 0.25) is 0 Å². The van der Waals surface area contributed by atoms with Gasteiger partial charge in [-0.1, -0.05) is 13.8 Å². The van der Waals surface area contributed by atoms with Crippen LogP contribution in [-0.2, 0) is 14.3 Å². The third-order valence-corrected chi connectivity index (χ3v) is 3.03. The van der Waals surface area contributed by atoms with Crippen molar-refractivity contribution in [3.63, 3.8) is 0 Å². The number of nitrogens with zero attached hydrogens (tertiary/aromatic N) is 2. The van der Waals surface area contributed by atoms with Gasteiger partial charge in [0.25, 0.3) is 0 Å². The van der Waals surface area contributed by atoms with Gasteiger partial charge in [-0.05, 0) is 5.92 Å². The van der Waals surface area contributed by atoms with Gasteiger partial charge in [-0.25, -0.2) is 9.59 Å². The van der Waals surface area contributed by atoms with Gasteiger partial charge < -0.3 is 24.4 Å². The topological polar surface area (TPSA) is 79.3 Å². The molecular formula is C13H24N2O5. The Morgan fingerprint density at radius 3 is 2.75 bits per heavy atom. The van der Waals surface area contributed by atoms with E-state index >= 15 is 0 Å². The number of methoxy groups -OCH3 is 1. The Labute approximate surface area is 119 Å². The third kappa shape index (κ3) is 4.97. The molecule has 0 aromatic carbocycles. The van der Waals surface area contributed by atoms with Crippen molar-refractivity contribution in [3.05, 3.63) is 0 Å². The summed E-state index contributed by atoms with van der Waals surface area (Å²) in [5.74, 6) is -0.693. The molecule has 1 atom stereocenters. The fourth-order valence-corrected chi connectivity index (χ4v) is 2.08. The molecule has 0 saturated carbocycles. The number of hydrogen-bond acceptors (Lipinski definition) is 4. The van der Waals surface area contributed by atoms with Crippen LogP contribution in [-0.4, -0.2) is 79.5 Å². The van der Waals surface area contributed by atoms with E-state index < -0.39 is 12.1 Å². The highest BCUT2D eigenvalue weighted by Gasteiger charge is 2.31. The first-order valence-corrected chi connectivity index (χ1v) is 6.83. The molecule has 0 radical (unpaired) electrons. The number of ether oxygens (including phenoxy) is 2. The summed E-state index contributed by atoms with van der Waals surface area (Å²) < 4.78 is 10.1. The lowest BCUT2D eigenvalue weighted by atomic mass is 10.2. The van der Waals surface area contributed by atoms with E-state index in [2.05, 4.69) is 0 Å². The number of morpholine rings is 1. The lowest BCUT2D eigenvalue weighted by molar-refractivity contribution is -0.154. The average molecular weight is 288 g/mol. The van der Waals surface area contributed by atoms with Crippen molar-refractivity contribution < 1.29 is 24.2 Å². The minimum Gasteiger partial charge on any atom is -0.479 e. The number of rotatable bonds is 6. The van der Waals surface area contributed by atoms with E-state index in [0.717, 1.165) is 0 Å². The summed E-state index contributed by atoms with van der Waals surface area (Å²) in [6.07, 6.45) is -0.934. The maximum Gasteiger partial charge on any atom is 0.334 e. The number of carboxylic acids is 1. The normalized spacial score (nSPS) is 19.2. The van der Waals surface area contributed by atoms with E-state index in [1.807, 2.05) is 13.8 Å². The molecule has 0 aliphatic carbocycles. The van der Waals surface area contributed by atoms with E-state index in [1.165, 1.54) is 0 Å². The van der Waals surface area contributed by atoms with E-state index in [0.29, 0.717) is 32.2 Å². The predicted octanol–water partition coefficient (Wildman–Crippen LogP) is 0.496. The maximum atomic E-state index is 12.5. The molecule has 1 saturated heterocycles. The van der Waals surface area contributed by atoms with Crippen LogP contribution in [0.5, 0.6) is 0 Å². The minimum absolute atomic E-state index is 0.0930. The first kappa shape index (κ1) is 16.7. The molecule has 2 amide bonds. The molecule has 1 aliphatic heterocycles. The van der Waals surface area contributed by atoms with Crippen molar-refractivity contribution in [2.75, 3.05) is 46.5 Å². The van der Waals surface area contributed by atoms with Crippen molar-refractivity contribution in [1.82, 2.24) is 9.80 Å². The van der Waals surface area contributed by atoms with Gasteiger partial charge in [0, 0.05) is 26.7 Å². The predicted molar refractivity (Wildman–Crippen MR) is 72.6 cm³/mol. The highest BCUT2D eigenvalue weighted by atomic mass is 16.5. The fraction of sp³-hybridized carbons (Fsp3) is 0.846. The Balaban J connectivity index is 2.64. The van der Waals surface area contributed by atoms with Crippen LogP contribution in [0.1, 0.15) is 13.8 Å². The number of amides is 2. The minimum atomic E-state index is -1.03. The molecule has 1 rings (SSSR count). The Morgan fingerprint density at radius 1 is 1.50 bits per heavy atom. The Hall–Kier alpha value is -1.34. The molecular weight excluding hydrogens is 264 g/mol. The van der Waals surface area contributed by atoms with Gasteiger partial charge in [0.15, 0.2) is 6.10 Å². The zero-order valence-corrected chi connectivity index (χ0v) is 12.4. The third-order valence-electron chi connectivity index (χ3n) is 3.03. The number of aliphatic carboxylic acids is 1. The summed E-state index contributed by atoms with van der Waals surface area (Å²) in [6, 6.07) is -0.148. The zero-order valence-electron chi connectivity index (χ0n) is 12.4. The summed E-state index contributed by atoms with van der Waals surface area (Å²) in [4.78, 5) is 26.6. The molecule has 1 N–H and O–H groups in total. The molecule has 1 fully saturated rings. The van der Waals surface area contributed by atoms with Gasteiger partial charge in [-0.3, -0.25) is 0 Å². The van der Waals surface area contributed by atoms with E-state index in [9.17, 15) is 9.59 Å². The molecule has 20 heavy (non-hydrogen) atoms. The summed E-state index contributed by atoms with van der Waals surface area (Å²) in [5, 5.41) is 8.97. The van der Waals surface area contributed by atoms with Crippen LogP contribution < -0.4 is 0 Å². The molecule has 0 aromatic heterocycles. The summed E-state index contributed by atoms with van der Waals surface area (Å²) in [7, 11) is 1.59.